The normalized spacial score (nSPS) is 21.5. The Balaban J connectivity index is 1.91. The molecule has 1 atom stereocenters. The minimum absolute atomic E-state index is 0.00792. The highest BCUT2D eigenvalue weighted by molar-refractivity contribution is 6.00. The van der Waals surface area contributed by atoms with Crippen LogP contribution in [0.4, 0.5) is 0 Å². The zero-order valence-electron chi connectivity index (χ0n) is 14.8. The first-order chi connectivity index (χ1) is 11.9. The van der Waals surface area contributed by atoms with Crippen LogP contribution in [0.15, 0.2) is 35.4 Å². The number of carbonyl (C=O) groups excluding carboxylic acids is 1. The summed E-state index contributed by atoms with van der Waals surface area (Å²) in [5.41, 5.74) is 7.10. The Morgan fingerprint density at radius 2 is 1.96 bits per heavy atom. The van der Waals surface area contributed by atoms with Crippen molar-refractivity contribution >= 4 is 5.78 Å². The Bertz CT molecular complexity index is 939. The molecule has 2 aliphatic rings. The second kappa shape index (κ2) is 5.42. The average Bonchev–Trinajstić information content (AvgIpc) is 2.93. The van der Waals surface area contributed by atoms with E-state index in [1.807, 2.05) is 31.2 Å². The number of nitrogens with zero attached hydrogens (tertiary/aromatic N) is 2. The monoisotopic (exact) mass is 331 g/mol. The lowest BCUT2D eigenvalue weighted by Crippen LogP contribution is -2.32. The van der Waals surface area contributed by atoms with Crippen LogP contribution in [0.3, 0.4) is 0 Å². The maximum Gasteiger partial charge on any atom is 0.160 e. The van der Waals surface area contributed by atoms with Gasteiger partial charge in [0.2, 0.25) is 0 Å². The number of rotatable bonds is 1. The predicted octanol–water partition coefficient (Wildman–Crippen LogP) is 3.96. The molecular weight excluding hydrogens is 310 g/mol. The van der Waals surface area contributed by atoms with Gasteiger partial charge >= 0.3 is 0 Å². The van der Waals surface area contributed by atoms with Crippen molar-refractivity contribution in [3.63, 3.8) is 0 Å². The molecule has 0 amide bonds. The van der Waals surface area contributed by atoms with Crippen LogP contribution < -0.4 is 0 Å². The summed E-state index contributed by atoms with van der Waals surface area (Å²) in [6.07, 6.45) is 2.29. The van der Waals surface area contributed by atoms with Crippen molar-refractivity contribution in [1.82, 2.24) is 10.2 Å². The van der Waals surface area contributed by atoms with Crippen LogP contribution >= 0.6 is 0 Å². The highest BCUT2D eigenvalue weighted by atomic mass is 16.1. The van der Waals surface area contributed by atoms with Crippen LogP contribution in [0.5, 0.6) is 0 Å². The van der Waals surface area contributed by atoms with Crippen molar-refractivity contribution in [3.05, 3.63) is 63.5 Å². The molecule has 2 aliphatic carbocycles. The SMILES string of the molecule is Cc1[nH]nc2c1C(c1ccc(C#N)cc1)C1=C(C2)CC(C)(C)CC1=O. The van der Waals surface area contributed by atoms with Gasteiger partial charge in [-0.25, -0.2) is 0 Å². The number of allylic oxidation sites excluding steroid dienone is 2. The van der Waals surface area contributed by atoms with Gasteiger partial charge in [0.1, 0.15) is 0 Å². The van der Waals surface area contributed by atoms with Crippen LogP contribution in [0, 0.1) is 23.7 Å². The van der Waals surface area contributed by atoms with Gasteiger partial charge < -0.3 is 0 Å². The Morgan fingerprint density at radius 3 is 2.64 bits per heavy atom. The number of Topliss-reactive ketones (excluding diaryl/α,β-unsaturated/α-hetero) is 1. The van der Waals surface area contributed by atoms with E-state index in [4.69, 9.17) is 5.26 Å². The Morgan fingerprint density at radius 1 is 1.24 bits per heavy atom. The summed E-state index contributed by atoms with van der Waals surface area (Å²) in [5, 5.41) is 16.7. The zero-order valence-corrected chi connectivity index (χ0v) is 14.8. The summed E-state index contributed by atoms with van der Waals surface area (Å²) < 4.78 is 0. The molecule has 126 valence electrons. The van der Waals surface area contributed by atoms with E-state index in [9.17, 15) is 4.79 Å². The largest absolute Gasteiger partial charge is 0.294 e. The third kappa shape index (κ3) is 2.51. The molecule has 1 aromatic carbocycles. The molecule has 1 aromatic heterocycles. The Hall–Kier alpha value is -2.67. The van der Waals surface area contributed by atoms with Gasteiger partial charge in [-0.3, -0.25) is 9.89 Å². The zero-order chi connectivity index (χ0) is 17.8. The van der Waals surface area contributed by atoms with Crippen molar-refractivity contribution in [2.24, 2.45) is 5.41 Å². The fourth-order valence-corrected chi connectivity index (χ4v) is 4.42. The van der Waals surface area contributed by atoms with Crippen molar-refractivity contribution < 1.29 is 4.79 Å². The second-order valence-electron chi connectivity index (χ2n) is 8.01. The van der Waals surface area contributed by atoms with Gasteiger partial charge in [0.15, 0.2) is 5.78 Å². The summed E-state index contributed by atoms with van der Waals surface area (Å²) in [7, 11) is 0. The molecule has 1 N–H and O–H groups in total. The number of hydrogen-bond donors (Lipinski definition) is 1. The molecule has 2 aromatic rings. The molecular formula is C21H21N3O. The van der Waals surface area contributed by atoms with Gasteiger partial charge in [0.25, 0.3) is 0 Å². The number of nitriles is 1. The van der Waals surface area contributed by atoms with E-state index in [0.717, 1.165) is 40.9 Å². The molecule has 4 heteroatoms. The number of ketones is 1. The first kappa shape index (κ1) is 15.8. The summed E-state index contributed by atoms with van der Waals surface area (Å²) in [5.74, 6) is 0.181. The first-order valence-electron chi connectivity index (χ1n) is 8.68. The topological polar surface area (TPSA) is 69.5 Å². The fraction of sp³-hybridized carbons (Fsp3) is 0.381. The molecule has 4 rings (SSSR count). The highest BCUT2D eigenvalue weighted by Gasteiger charge is 2.41. The third-order valence-electron chi connectivity index (χ3n) is 5.42. The average molecular weight is 331 g/mol. The quantitative estimate of drug-likeness (QED) is 0.860. The van der Waals surface area contributed by atoms with E-state index >= 15 is 0 Å². The first-order valence-corrected chi connectivity index (χ1v) is 8.68. The lowest BCUT2D eigenvalue weighted by molar-refractivity contribution is -0.118. The predicted molar refractivity (Wildman–Crippen MR) is 95.1 cm³/mol. The smallest absolute Gasteiger partial charge is 0.160 e. The number of H-pyrrole nitrogens is 1. The summed E-state index contributed by atoms with van der Waals surface area (Å²) >= 11 is 0. The number of aryl methyl sites for hydroxylation is 1. The summed E-state index contributed by atoms with van der Waals surface area (Å²) in [6, 6.07) is 9.77. The van der Waals surface area contributed by atoms with Gasteiger partial charge in [-0.1, -0.05) is 31.6 Å². The van der Waals surface area contributed by atoms with Crippen LogP contribution in [0.2, 0.25) is 0 Å². The number of benzene rings is 1. The van der Waals surface area contributed by atoms with E-state index in [1.165, 1.54) is 5.57 Å². The van der Waals surface area contributed by atoms with E-state index in [-0.39, 0.29) is 17.1 Å². The maximum absolute atomic E-state index is 13.1. The minimum atomic E-state index is -0.0751. The molecule has 25 heavy (non-hydrogen) atoms. The summed E-state index contributed by atoms with van der Waals surface area (Å²) in [6.45, 7) is 6.35. The number of hydrogen-bond acceptors (Lipinski definition) is 3. The van der Waals surface area contributed by atoms with Gasteiger partial charge in [0.05, 0.1) is 17.3 Å². The van der Waals surface area contributed by atoms with E-state index in [0.29, 0.717) is 12.0 Å². The highest BCUT2D eigenvalue weighted by Crippen LogP contribution is 2.49. The van der Waals surface area contributed by atoms with Crippen LogP contribution in [0.1, 0.15) is 60.7 Å². The van der Waals surface area contributed by atoms with Crippen molar-refractivity contribution in [2.75, 3.05) is 0 Å². The molecule has 0 radical (unpaired) electrons. The van der Waals surface area contributed by atoms with Crippen molar-refractivity contribution in [1.29, 1.82) is 5.26 Å². The molecule has 0 aliphatic heterocycles. The van der Waals surface area contributed by atoms with E-state index in [2.05, 4.69) is 30.1 Å². The number of carbonyl (C=O) groups is 1. The number of aromatic amines is 1. The fourth-order valence-electron chi connectivity index (χ4n) is 4.42. The van der Waals surface area contributed by atoms with Gasteiger partial charge in [-0.15, -0.1) is 0 Å². The van der Waals surface area contributed by atoms with E-state index < -0.39 is 0 Å². The molecule has 1 unspecified atom stereocenters. The lowest BCUT2D eigenvalue weighted by atomic mass is 9.65. The van der Waals surface area contributed by atoms with Gasteiger partial charge in [-0.2, -0.15) is 10.4 Å². The Kier molecular flexibility index (Phi) is 3.43. The standard InChI is InChI=1S/C21H21N3O/c1-12-18-16(24-23-12)8-15-9-21(2,3)10-17(25)19(15)20(18)14-6-4-13(11-22)5-7-14/h4-7,20H,8-10H2,1-3H3,(H,23,24). The second-order valence-corrected chi connectivity index (χ2v) is 8.01. The number of aromatic nitrogens is 2. The number of fused-ring (bicyclic) bond motifs is 1. The molecule has 0 saturated heterocycles. The molecule has 0 spiro atoms. The van der Waals surface area contributed by atoms with Gasteiger partial charge in [0, 0.05) is 35.6 Å². The lowest BCUT2D eigenvalue weighted by Gasteiger charge is -2.38. The van der Waals surface area contributed by atoms with Crippen LogP contribution in [-0.4, -0.2) is 16.0 Å². The van der Waals surface area contributed by atoms with E-state index in [1.54, 1.807) is 0 Å². The number of nitrogens with one attached hydrogen (secondary N) is 1. The van der Waals surface area contributed by atoms with Crippen molar-refractivity contribution in [3.8, 4) is 6.07 Å². The molecule has 4 nitrogen and oxygen atoms in total. The molecule has 0 bridgehead atoms. The molecule has 0 saturated carbocycles. The Labute approximate surface area is 147 Å². The van der Waals surface area contributed by atoms with Gasteiger partial charge in [-0.05, 0) is 36.5 Å². The minimum Gasteiger partial charge on any atom is -0.294 e. The molecule has 1 heterocycles. The summed E-state index contributed by atoms with van der Waals surface area (Å²) in [4.78, 5) is 13.1. The molecule has 0 fully saturated rings. The third-order valence-corrected chi connectivity index (χ3v) is 5.42. The van der Waals surface area contributed by atoms with Crippen LogP contribution in [-0.2, 0) is 11.2 Å². The maximum atomic E-state index is 13.1. The van der Waals surface area contributed by atoms with Crippen LogP contribution in [0.25, 0.3) is 0 Å². The van der Waals surface area contributed by atoms with Crippen molar-refractivity contribution in [2.45, 2.75) is 46.0 Å².